The molecule has 2 unspecified atom stereocenters. The fraction of sp³-hybridized carbons (Fsp3) is 0.833. The molecule has 22 heavy (non-hydrogen) atoms. The van der Waals surface area contributed by atoms with Crippen molar-refractivity contribution in [2.24, 2.45) is 0 Å². The third kappa shape index (κ3) is 9.16. The Kier molecular flexibility index (Phi) is 14.7. The number of carbonyl (C=O) groups excluding carboxylic acids is 1. The van der Waals surface area contributed by atoms with Crippen LogP contribution < -0.4 is 0 Å². The summed E-state index contributed by atoms with van der Waals surface area (Å²) in [5.41, 5.74) is 0.446. The van der Waals surface area contributed by atoms with Crippen molar-refractivity contribution in [1.82, 2.24) is 0 Å². The molecule has 0 aliphatic heterocycles. The number of halogens is 1. The van der Waals surface area contributed by atoms with Crippen LogP contribution in [0.15, 0.2) is 12.2 Å². The highest BCUT2D eigenvalue weighted by Crippen LogP contribution is 2.37. The van der Waals surface area contributed by atoms with E-state index in [0.29, 0.717) is 5.57 Å². The monoisotopic (exact) mass is 351 g/mol. The molecule has 0 heterocycles. The van der Waals surface area contributed by atoms with Gasteiger partial charge in [0.2, 0.25) is 0 Å². The van der Waals surface area contributed by atoms with Crippen LogP contribution in [0.5, 0.6) is 0 Å². The average Bonchev–Trinajstić information content (AvgIpc) is 2.46. The second-order valence-electron chi connectivity index (χ2n) is 6.06. The van der Waals surface area contributed by atoms with Gasteiger partial charge in [0.05, 0.1) is 4.87 Å². The Bertz CT molecular complexity index is 310. The first-order valence-electron chi connectivity index (χ1n) is 8.46. The molecule has 0 bridgehead atoms. The van der Waals surface area contributed by atoms with E-state index in [0.717, 1.165) is 57.8 Å². The summed E-state index contributed by atoms with van der Waals surface area (Å²) in [7, 11) is 0. The van der Waals surface area contributed by atoms with Crippen LogP contribution in [0.3, 0.4) is 0 Å². The van der Waals surface area contributed by atoms with Crippen LogP contribution in [-0.2, 0) is 9.53 Å². The van der Waals surface area contributed by atoms with Crippen LogP contribution in [-0.4, -0.2) is 16.9 Å². The molecule has 2 atom stereocenters. The molecule has 0 aliphatic rings. The van der Waals surface area contributed by atoms with E-state index in [2.05, 4.69) is 27.4 Å². The zero-order valence-electron chi connectivity index (χ0n) is 15.3. The molecule has 0 rings (SSSR count). The quantitative estimate of drug-likeness (QED) is 0.192. The van der Waals surface area contributed by atoms with E-state index in [4.69, 9.17) is 16.3 Å². The summed E-state index contributed by atoms with van der Waals surface area (Å²) in [6.45, 7) is 11.8. The van der Waals surface area contributed by atoms with Gasteiger partial charge in [0.25, 0.3) is 0 Å². The molecule has 0 N–H and O–H groups in total. The van der Waals surface area contributed by atoms with Crippen LogP contribution >= 0.6 is 21.5 Å². The van der Waals surface area contributed by atoms with Gasteiger partial charge in [0.15, 0.2) is 0 Å². The zero-order valence-corrected chi connectivity index (χ0v) is 18.1. The number of carbonyl (C=O) groups is 1. The van der Waals surface area contributed by atoms with Gasteiger partial charge in [-0.3, -0.25) is 0 Å². The van der Waals surface area contributed by atoms with Crippen molar-refractivity contribution >= 4 is 27.5 Å². The second kappa shape index (κ2) is 13.4. The van der Waals surface area contributed by atoms with Crippen molar-refractivity contribution in [2.45, 2.75) is 96.5 Å². The van der Waals surface area contributed by atoms with Gasteiger partial charge in [-0.05, 0) is 42.5 Å². The van der Waals surface area contributed by atoms with Crippen molar-refractivity contribution < 1.29 is 9.53 Å². The highest BCUT2D eigenvalue weighted by molar-refractivity contribution is 6.92. The van der Waals surface area contributed by atoms with E-state index in [-0.39, 0.29) is 22.0 Å². The molecule has 0 saturated heterocycles. The lowest BCUT2D eigenvalue weighted by Gasteiger charge is -2.35. The number of rotatable bonds is 12. The van der Waals surface area contributed by atoms with Gasteiger partial charge in [0.1, 0.15) is 6.10 Å². The predicted octanol–water partition coefficient (Wildman–Crippen LogP) is 5.81. The van der Waals surface area contributed by atoms with Gasteiger partial charge >= 0.3 is 5.97 Å². The van der Waals surface area contributed by atoms with Gasteiger partial charge < -0.3 is 4.74 Å². The fourth-order valence-corrected chi connectivity index (χ4v) is 2.85. The molecular weight excluding hydrogens is 315 g/mol. The minimum absolute atomic E-state index is 0. The molecule has 0 radical (unpaired) electrons. The number of hydrogen-bond donors (Lipinski definition) is 0. The molecule has 0 amide bonds. The Morgan fingerprint density at radius 1 is 1.09 bits per heavy atom. The summed E-state index contributed by atoms with van der Waals surface area (Å²) in [5.74, 6) is -0.311. The molecule has 0 spiro atoms. The van der Waals surface area contributed by atoms with Crippen LogP contribution in [0.25, 0.3) is 0 Å². The Morgan fingerprint density at radius 3 is 1.91 bits per heavy atom. The summed E-state index contributed by atoms with van der Waals surface area (Å²) in [6.07, 6.45) is 8.90. The molecule has 4 heteroatoms. The highest BCUT2D eigenvalue weighted by atomic mass is 35.5. The topological polar surface area (TPSA) is 26.3 Å². The maximum atomic E-state index is 11.9. The molecule has 0 aliphatic carbocycles. The molecule has 132 valence electrons. The Labute approximate surface area is 146 Å². The van der Waals surface area contributed by atoms with Crippen LogP contribution in [0, 0.1) is 0 Å². The summed E-state index contributed by atoms with van der Waals surface area (Å²) in [5, 5.41) is 0. The lowest BCUT2D eigenvalue weighted by Crippen LogP contribution is -2.40. The SMILES string of the molecule is C=C(C)C(=O)OC(CCCC)C(Cl)(CCCC)CCCC.[PH4+]. The number of unbranched alkanes of at least 4 members (excludes halogenated alkanes) is 3. The standard InChI is InChI=1S/C18H33ClO2.H3P/c1-6-9-12-16(21-17(20)15(4)5)18(19,13-10-7-2)14-11-8-3;/h16H,4,6-14H2,1-3,5H3;1H3/p+1. The molecule has 0 fully saturated rings. The van der Waals surface area contributed by atoms with E-state index in [1.54, 1.807) is 6.92 Å². The van der Waals surface area contributed by atoms with Gasteiger partial charge in [-0.25, -0.2) is 4.79 Å². The van der Waals surface area contributed by atoms with Gasteiger partial charge in [0, 0.05) is 5.57 Å². The van der Waals surface area contributed by atoms with Crippen LogP contribution in [0.4, 0.5) is 0 Å². The van der Waals surface area contributed by atoms with Crippen LogP contribution in [0.1, 0.15) is 85.5 Å². The number of alkyl halides is 1. The fourth-order valence-electron chi connectivity index (χ4n) is 2.43. The minimum Gasteiger partial charge on any atom is -0.457 e. The molecule has 0 aromatic heterocycles. The van der Waals surface area contributed by atoms with E-state index in [1.807, 2.05) is 0 Å². The zero-order chi connectivity index (χ0) is 16.3. The molecule has 0 aromatic rings. The number of esters is 1. The lowest BCUT2D eigenvalue weighted by atomic mass is 9.87. The summed E-state index contributed by atoms with van der Waals surface area (Å²) in [6, 6.07) is 0. The molecule has 2 nitrogen and oxygen atoms in total. The van der Waals surface area contributed by atoms with Crippen molar-refractivity contribution in [3.05, 3.63) is 12.2 Å². The lowest BCUT2D eigenvalue weighted by molar-refractivity contribution is -0.147. The summed E-state index contributed by atoms with van der Waals surface area (Å²) in [4.78, 5) is 11.5. The summed E-state index contributed by atoms with van der Waals surface area (Å²) < 4.78 is 5.70. The largest absolute Gasteiger partial charge is 0.457 e. The third-order valence-electron chi connectivity index (χ3n) is 3.89. The van der Waals surface area contributed by atoms with Crippen molar-refractivity contribution in [3.63, 3.8) is 0 Å². The Morgan fingerprint density at radius 2 is 1.55 bits per heavy atom. The van der Waals surface area contributed by atoms with Crippen LogP contribution in [0.2, 0.25) is 0 Å². The Hall–Kier alpha value is -0.0700. The first-order chi connectivity index (χ1) is 9.91. The first kappa shape index (κ1) is 24.2. The molecule has 0 aromatic carbocycles. The number of ether oxygens (including phenoxy) is 1. The van der Waals surface area contributed by atoms with Crippen molar-refractivity contribution in [1.29, 1.82) is 0 Å². The molecular formula is C18H37ClO2P+. The van der Waals surface area contributed by atoms with E-state index >= 15 is 0 Å². The smallest absolute Gasteiger partial charge is 0.333 e. The second-order valence-corrected chi connectivity index (χ2v) is 6.81. The maximum Gasteiger partial charge on any atom is 0.333 e. The van der Waals surface area contributed by atoms with E-state index in [1.165, 1.54) is 0 Å². The van der Waals surface area contributed by atoms with E-state index in [9.17, 15) is 4.79 Å². The minimum atomic E-state index is -0.424. The molecule has 0 saturated carbocycles. The average molecular weight is 352 g/mol. The van der Waals surface area contributed by atoms with Gasteiger partial charge in [-0.1, -0.05) is 59.5 Å². The maximum absolute atomic E-state index is 11.9. The van der Waals surface area contributed by atoms with Gasteiger partial charge in [-0.15, -0.1) is 11.6 Å². The summed E-state index contributed by atoms with van der Waals surface area (Å²) >= 11 is 6.94. The number of hydrogen-bond acceptors (Lipinski definition) is 2. The predicted molar refractivity (Wildman–Crippen MR) is 104 cm³/mol. The highest BCUT2D eigenvalue weighted by Gasteiger charge is 2.38. The van der Waals surface area contributed by atoms with E-state index < -0.39 is 4.87 Å². The first-order valence-corrected chi connectivity index (χ1v) is 8.84. The van der Waals surface area contributed by atoms with Crippen molar-refractivity contribution in [2.75, 3.05) is 0 Å². The Balaban J connectivity index is 0. The normalized spacial score (nSPS) is 12.4. The third-order valence-corrected chi connectivity index (χ3v) is 4.51. The van der Waals surface area contributed by atoms with Gasteiger partial charge in [-0.2, -0.15) is 0 Å². The van der Waals surface area contributed by atoms with Crippen molar-refractivity contribution in [3.8, 4) is 0 Å².